The Morgan fingerprint density at radius 3 is 2.60 bits per heavy atom. The molecule has 2 nitrogen and oxygen atoms in total. The number of nitrogens with zero attached hydrogens (tertiary/aromatic N) is 1. The minimum absolute atomic E-state index is 0.133. The van der Waals surface area contributed by atoms with Gasteiger partial charge >= 0.3 is 6.18 Å². The Morgan fingerprint density at radius 2 is 2.07 bits per heavy atom. The molecular weight excluding hydrogens is 205 g/mol. The van der Waals surface area contributed by atoms with E-state index in [4.69, 9.17) is 0 Å². The van der Waals surface area contributed by atoms with E-state index in [-0.39, 0.29) is 6.54 Å². The van der Waals surface area contributed by atoms with E-state index in [0.29, 0.717) is 12.0 Å². The van der Waals surface area contributed by atoms with Gasteiger partial charge in [0.25, 0.3) is 0 Å². The van der Waals surface area contributed by atoms with E-state index >= 15 is 0 Å². The van der Waals surface area contributed by atoms with Gasteiger partial charge in [0.05, 0.1) is 6.42 Å². The summed E-state index contributed by atoms with van der Waals surface area (Å²) < 4.78 is 36.1. The Morgan fingerprint density at radius 1 is 1.40 bits per heavy atom. The van der Waals surface area contributed by atoms with Crippen LogP contribution in [0.3, 0.4) is 0 Å². The molecule has 1 unspecified atom stereocenters. The van der Waals surface area contributed by atoms with Crippen LogP contribution in [0.2, 0.25) is 0 Å². The Balaban J connectivity index is 2.30. The maximum atomic E-state index is 12.0. The molecule has 0 spiro atoms. The highest BCUT2D eigenvalue weighted by molar-refractivity contribution is 4.80. The number of rotatable bonds is 3. The summed E-state index contributed by atoms with van der Waals surface area (Å²) >= 11 is 0. The van der Waals surface area contributed by atoms with Crippen molar-refractivity contribution in [3.8, 4) is 0 Å². The molecule has 0 aromatic carbocycles. The second-order valence-corrected chi connectivity index (χ2v) is 4.47. The summed E-state index contributed by atoms with van der Waals surface area (Å²) in [6.07, 6.45) is -4.73. The lowest BCUT2D eigenvalue weighted by Crippen LogP contribution is -2.53. The lowest BCUT2D eigenvalue weighted by Gasteiger charge is -2.35. The van der Waals surface area contributed by atoms with E-state index in [2.05, 4.69) is 19.2 Å². The van der Waals surface area contributed by atoms with Gasteiger partial charge < -0.3 is 10.2 Å². The smallest absolute Gasteiger partial charge is 0.311 e. The molecule has 1 saturated heterocycles. The zero-order valence-corrected chi connectivity index (χ0v) is 9.27. The minimum Gasteiger partial charge on any atom is -0.311 e. The van der Waals surface area contributed by atoms with Crippen molar-refractivity contribution in [1.82, 2.24) is 10.2 Å². The highest BCUT2D eigenvalue weighted by atomic mass is 19.4. The maximum Gasteiger partial charge on any atom is 0.390 e. The van der Waals surface area contributed by atoms with Gasteiger partial charge in [0.2, 0.25) is 0 Å². The molecule has 1 aliphatic rings. The molecule has 1 aliphatic heterocycles. The van der Waals surface area contributed by atoms with Gasteiger partial charge in [-0.25, -0.2) is 0 Å². The van der Waals surface area contributed by atoms with Crippen molar-refractivity contribution in [2.45, 2.75) is 32.5 Å². The van der Waals surface area contributed by atoms with Crippen LogP contribution in [0, 0.1) is 5.92 Å². The van der Waals surface area contributed by atoms with E-state index in [1.165, 1.54) is 0 Å². The first-order valence-corrected chi connectivity index (χ1v) is 5.41. The third kappa shape index (κ3) is 4.84. The van der Waals surface area contributed by atoms with Gasteiger partial charge in [-0.05, 0) is 5.92 Å². The van der Waals surface area contributed by atoms with Crippen molar-refractivity contribution >= 4 is 0 Å². The van der Waals surface area contributed by atoms with Crippen LogP contribution in [0.15, 0.2) is 0 Å². The molecule has 0 aliphatic carbocycles. The van der Waals surface area contributed by atoms with E-state index in [9.17, 15) is 13.2 Å². The molecule has 90 valence electrons. The van der Waals surface area contributed by atoms with Crippen LogP contribution in [0.1, 0.15) is 20.3 Å². The summed E-state index contributed by atoms with van der Waals surface area (Å²) in [5.74, 6) is 0.471. The molecule has 0 amide bonds. The number of hydrogen-bond acceptors (Lipinski definition) is 2. The highest BCUT2D eigenvalue weighted by Crippen LogP contribution is 2.20. The zero-order valence-electron chi connectivity index (χ0n) is 9.27. The van der Waals surface area contributed by atoms with Crippen LogP contribution < -0.4 is 5.32 Å². The van der Waals surface area contributed by atoms with E-state index < -0.39 is 12.6 Å². The molecule has 0 saturated carbocycles. The first kappa shape index (κ1) is 12.8. The summed E-state index contributed by atoms with van der Waals surface area (Å²) in [6.45, 7) is 6.55. The fourth-order valence-corrected chi connectivity index (χ4v) is 1.78. The average molecular weight is 224 g/mol. The Bertz CT molecular complexity index is 192. The van der Waals surface area contributed by atoms with Gasteiger partial charge in [0, 0.05) is 32.2 Å². The van der Waals surface area contributed by atoms with Crippen molar-refractivity contribution in [2.75, 3.05) is 26.2 Å². The maximum absolute atomic E-state index is 12.0. The van der Waals surface area contributed by atoms with Crippen LogP contribution in [0.25, 0.3) is 0 Å². The standard InChI is InChI=1S/C10H19F3N2/c1-8(2)9-7-15(6-4-14-9)5-3-10(11,12)13/h8-9,14H,3-7H2,1-2H3. The average Bonchev–Trinajstić information content (AvgIpc) is 2.14. The van der Waals surface area contributed by atoms with Gasteiger partial charge in [-0.1, -0.05) is 13.8 Å². The molecule has 1 heterocycles. The summed E-state index contributed by atoms with van der Waals surface area (Å²) in [5, 5.41) is 3.32. The minimum atomic E-state index is -4.03. The predicted octanol–water partition coefficient (Wildman–Crippen LogP) is 1.87. The second kappa shape index (κ2) is 5.16. The number of alkyl halides is 3. The van der Waals surface area contributed by atoms with Gasteiger partial charge in [-0.15, -0.1) is 0 Å². The van der Waals surface area contributed by atoms with Crippen molar-refractivity contribution in [2.24, 2.45) is 5.92 Å². The van der Waals surface area contributed by atoms with Crippen LogP contribution in [0.4, 0.5) is 13.2 Å². The SMILES string of the molecule is CC(C)C1CN(CCC(F)(F)F)CCN1. The number of piperazine rings is 1. The third-order valence-corrected chi connectivity index (χ3v) is 2.81. The van der Waals surface area contributed by atoms with E-state index in [1.807, 2.05) is 4.90 Å². The molecule has 1 N–H and O–H groups in total. The Labute approximate surface area is 88.8 Å². The van der Waals surface area contributed by atoms with Gasteiger partial charge in [-0.2, -0.15) is 13.2 Å². The molecule has 1 rings (SSSR count). The van der Waals surface area contributed by atoms with Crippen LogP contribution in [0.5, 0.6) is 0 Å². The predicted molar refractivity (Wildman–Crippen MR) is 53.7 cm³/mol. The molecule has 5 heteroatoms. The van der Waals surface area contributed by atoms with E-state index in [0.717, 1.165) is 19.6 Å². The summed E-state index contributed by atoms with van der Waals surface area (Å²) in [5.41, 5.74) is 0. The van der Waals surface area contributed by atoms with Crippen LogP contribution in [-0.2, 0) is 0 Å². The van der Waals surface area contributed by atoms with Crippen molar-refractivity contribution in [3.05, 3.63) is 0 Å². The molecule has 0 aromatic rings. The van der Waals surface area contributed by atoms with E-state index in [1.54, 1.807) is 0 Å². The van der Waals surface area contributed by atoms with Crippen molar-refractivity contribution in [1.29, 1.82) is 0 Å². The Kier molecular flexibility index (Phi) is 4.40. The van der Waals surface area contributed by atoms with Crippen molar-refractivity contribution < 1.29 is 13.2 Å². The molecule has 1 atom stereocenters. The third-order valence-electron chi connectivity index (χ3n) is 2.81. The second-order valence-electron chi connectivity index (χ2n) is 4.47. The normalized spacial score (nSPS) is 24.8. The largest absolute Gasteiger partial charge is 0.390 e. The molecule has 0 radical (unpaired) electrons. The summed E-state index contributed by atoms with van der Waals surface area (Å²) in [4.78, 5) is 1.90. The van der Waals surface area contributed by atoms with Gasteiger partial charge in [-0.3, -0.25) is 0 Å². The van der Waals surface area contributed by atoms with Gasteiger partial charge in [0.1, 0.15) is 0 Å². The monoisotopic (exact) mass is 224 g/mol. The lowest BCUT2D eigenvalue weighted by molar-refractivity contribution is -0.138. The van der Waals surface area contributed by atoms with Crippen LogP contribution >= 0.6 is 0 Å². The fourth-order valence-electron chi connectivity index (χ4n) is 1.78. The van der Waals surface area contributed by atoms with Crippen LogP contribution in [-0.4, -0.2) is 43.3 Å². The topological polar surface area (TPSA) is 15.3 Å². The summed E-state index contributed by atoms with van der Waals surface area (Å²) in [7, 11) is 0. The number of hydrogen-bond donors (Lipinski definition) is 1. The number of nitrogens with one attached hydrogen (secondary N) is 1. The lowest BCUT2D eigenvalue weighted by atomic mass is 10.0. The first-order chi connectivity index (χ1) is 6.88. The molecule has 15 heavy (non-hydrogen) atoms. The number of halogens is 3. The first-order valence-electron chi connectivity index (χ1n) is 5.41. The van der Waals surface area contributed by atoms with Gasteiger partial charge in [0.15, 0.2) is 0 Å². The molecule has 0 bridgehead atoms. The fraction of sp³-hybridized carbons (Fsp3) is 1.00. The van der Waals surface area contributed by atoms with Crippen molar-refractivity contribution in [3.63, 3.8) is 0 Å². The molecule has 0 aromatic heterocycles. The quantitative estimate of drug-likeness (QED) is 0.787. The zero-order chi connectivity index (χ0) is 11.5. The molecule has 1 fully saturated rings. The molecular formula is C10H19F3N2. The highest BCUT2D eigenvalue weighted by Gasteiger charge is 2.29. The Hall–Kier alpha value is -0.290. The summed E-state index contributed by atoms with van der Waals surface area (Å²) in [6, 6.07) is 0.326.